The number of nitrogens with one attached hydrogen (secondary N) is 1. The van der Waals surface area contributed by atoms with Gasteiger partial charge in [-0.15, -0.1) is 23.1 Å². The maximum atomic E-state index is 13.0. The van der Waals surface area contributed by atoms with Crippen LogP contribution in [-0.4, -0.2) is 23.7 Å². The zero-order chi connectivity index (χ0) is 22.2. The van der Waals surface area contributed by atoms with Crippen LogP contribution in [0.1, 0.15) is 38.7 Å². The second kappa shape index (κ2) is 8.80. The number of benzene rings is 1. The van der Waals surface area contributed by atoms with Crippen molar-refractivity contribution in [1.82, 2.24) is 9.55 Å². The van der Waals surface area contributed by atoms with Gasteiger partial charge in [0.1, 0.15) is 5.69 Å². The Kier molecular flexibility index (Phi) is 6.27. The molecule has 0 amide bonds. The monoisotopic (exact) mass is 475 g/mol. The first-order chi connectivity index (χ1) is 14.8. The molecule has 3 aliphatic rings. The molecule has 6 nitrogen and oxygen atoms in total. The normalized spacial score (nSPS) is 13.7. The summed E-state index contributed by atoms with van der Waals surface area (Å²) in [5.41, 5.74) is 1.06. The van der Waals surface area contributed by atoms with Crippen LogP contribution in [0.4, 0.5) is 5.82 Å². The lowest BCUT2D eigenvalue weighted by Crippen LogP contribution is -2.40. The molecule has 2 aliphatic heterocycles. The smallest absolute Gasteiger partial charge is 0.261 e. The highest BCUT2D eigenvalue weighted by Gasteiger charge is 2.26. The van der Waals surface area contributed by atoms with E-state index in [-0.39, 0.29) is 10.7 Å². The average molecular weight is 476 g/mol. The highest BCUT2D eigenvalue weighted by atomic mass is 32.2. The summed E-state index contributed by atoms with van der Waals surface area (Å²) in [5, 5.41) is 0.803. The van der Waals surface area contributed by atoms with Crippen molar-refractivity contribution in [2.75, 3.05) is 10.5 Å². The Labute approximate surface area is 190 Å². The maximum absolute atomic E-state index is 13.0. The van der Waals surface area contributed by atoms with Crippen LogP contribution >= 0.6 is 23.1 Å². The molecule has 164 valence electrons. The van der Waals surface area contributed by atoms with Gasteiger partial charge in [0.25, 0.3) is 10.0 Å². The van der Waals surface area contributed by atoms with Crippen LogP contribution in [0.2, 0.25) is 0 Å². The molecule has 0 bridgehead atoms. The molecular formula is C22H25N3O3S3. The van der Waals surface area contributed by atoms with Crippen LogP contribution in [0.25, 0.3) is 17.8 Å². The molecule has 1 aromatic carbocycles. The van der Waals surface area contributed by atoms with Gasteiger partial charge in [0.05, 0.1) is 14.5 Å². The average Bonchev–Trinajstić information content (AvgIpc) is 3.04. The molecule has 0 saturated heterocycles. The predicted molar refractivity (Wildman–Crippen MR) is 128 cm³/mol. The fourth-order valence-electron chi connectivity index (χ4n) is 3.35. The number of rotatable bonds is 7. The zero-order valence-electron chi connectivity index (χ0n) is 17.7. The summed E-state index contributed by atoms with van der Waals surface area (Å²) in [6, 6.07) is 6.60. The van der Waals surface area contributed by atoms with Crippen LogP contribution in [0, 0.1) is 12.8 Å². The largest absolute Gasteiger partial charge is 0.354 e. The summed E-state index contributed by atoms with van der Waals surface area (Å²) in [4.78, 5) is 17.1. The summed E-state index contributed by atoms with van der Waals surface area (Å²) >= 11 is 3.25. The molecule has 4 rings (SSSR count). The minimum Gasteiger partial charge on any atom is -0.261 e. The fraction of sp³-hybridized carbons (Fsp3) is 0.364. The Morgan fingerprint density at radius 2 is 1.90 bits per heavy atom. The van der Waals surface area contributed by atoms with Crippen molar-refractivity contribution in [2.24, 2.45) is 5.92 Å². The van der Waals surface area contributed by atoms with E-state index in [0.717, 1.165) is 44.7 Å². The Hall–Kier alpha value is -2.10. The fourth-order valence-corrected chi connectivity index (χ4v) is 7.18. The quantitative estimate of drug-likeness (QED) is 0.530. The van der Waals surface area contributed by atoms with Crippen molar-refractivity contribution in [2.45, 2.75) is 49.1 Å². The van der Waals surface area contributed by atoms with E-state index >= 15 is 0 Å². The number of anilines is 1. The van der Waals surface area contributed by atoms with E-state index in [2.05, 4.69) is 29.6 Å². The molecule has 1 N–H and O–H groups in total. The summed E-state index contributed by atoms with van der Waals surface area (Å²) in [5.74, 6) is 1.54. The number of aromatic nitrogens is 2. The van der Waals surface area contributed by atoms with Crippen molar-refractivity contribution in [3.8, 4) is 5.69 Å². The van der Waals surface area contributed by atoms with Gasteiger partial charge in [-0.3, -0.25) is 9.29 Å². The lowest BCUT2D eigenvalue weighted by Gasteiger charge is -2.15. The van der Waals surface area contributed by atoms with E-state index < -0.39 is 15.7 Å². The van der Waals surface area contributed by atoms with Crippen LogP contribution < -0.4 is 20.3 Å². The van der Waals surface area contributed by atoms with Crippen molar-refractivity contribution >= 4 is 51.1 Å². The van der Waals surface area contributed by atoms with E-state index in [0.29, 0.717) is 11.6 Å². The number of aryl methyl sites for hydroxylation is 1. The van der Waals surface area contributed by atoms with Gasteiger partial charge in [0.15, 0.2) is 5.82 Å². The van der Waals surface area contributed by atoms with Crippen molar-refractivity contribution in [3.05, 3.63) is 50.2 Å². The third-order valence-electron chi connectivity index (χ3n) is 5.06. The molecule has 0 unspecified atom stereocenters. The highest BCUT2D eigenvalue weighted by molar-refractivity contribution is 8.01. The molecular weight excluding hydrogens is 450 g/mol. The summed E-state index contributed by atoms with van der Waals surface area (Å²) in [6.07, 6.45) is 6.97. The predicted octanol–water partition coefficient (Wildman–Crippen LogP) is 3.33. The third kappa shape index (κ3) is 4.58. The topological polar surface area (TPSA) is 81.1 Å². The van der Waals surface area contributed by atoms with Gasteiger partial charge in [0.2, 0.25) is 0 Å². The van der Waals surface area contributed by atoms with E-state index in [1.807, 2.05) is 13.0 Å². The number of thioether (sulfide) groups is 1. The van der Waals surface area contributed by atoms with E-state index in [9.17, 15) is 13.2 Å². The maximum Gasteiger partial charge on any atom is 0.354 e. The third-order valence-corrected chi connectivity index (χ3v) is 8.89. The number of fused-ring (bicyclic) bond motifs is 3. The molecule has 31 heavy (non-hydrogen) atoms. The Balaban J connectivity index is 1.83. The van der Waals surface area contributed by atoms with Crippen molar-refractivity contribution < 1.29 is 8.42 Å². The molecule has 0 aromatic heterocycles. The molecule has 0 atom stereocenters. The number of hydrogen-bond acceptors (Lipinski definition) is 6. The Morgan fingerprint density at radius 3 is 2.61 bits per heavy atom. The van der Waals surface area contributed by atoms with Crippen molar-refractivity contribution in [3.63, 3.8) is 0 Å². The van der Waals surface area contributed by atoms with Gasteiger partial charge in [-0.1, -0.05) is 43.7 Å². The van der Waals surface area contributed by atoms with E-state index in [1.165, 1.54) is 0 Å². The second-order valence-electron chi connectivity index (χ2n) is 8.00. The van der Waals surface area contributed by atoms with Gasteiger partial charge in [0, 0.05) is 4.53 Å². The standard InChI is InChI=1S/C22H25N3O3S3/c1-14(2)12-13-29-21-19-20(24-31(27,28)16-10-8-15(3)9-11-16)23-22(26)25(19)17-6-4-5-7-18(17)30-21/h6-11,14H,4-5,12-13H2,1-3H3,(H,23,24,26). The minimum atomic E-state index is -3.87. The molecule has 2 heterocycles. The number of imidazole rings is 1. The second-order valence-corrected chi connectivity index (χ2v) is 12.1. The van der Waals surface area contributed by atoms with Crippen molar-refractivity contribution in [1.29, 1.82) is 0 Å². The molecule has 1 aliphatic carbocycles. The molecule has 9 heteroatoms. The minimum absolute atomic E-state index is 0.0932. The number of nitrogens with zero attached hydrogens (tertiary/aromatic N) is 2. The Bertz CT molecular complexity index is 1350. The SMILES string of the molecule is Cc1ccc(S(=O)(=O)Nc2nc(=O)n3c4c(sc(SCCC(C)C)c2-3)=CCCC=4)cc1. The first-order valence-electron chi connectivity index (χ1n) is 10.2. The summed E-state index contributed by atoms with van der Waals surface area (Å²) in [7, 11) is -3.87. The molecule has 0 spiro atoms. The van der Waals surface area contributed by atoms with Crippen LogP contribution in [0.3, 0.4) is 0 Å². The number of hydrogen-bond donors (Lipinski definition) is 1. The molecule has 0 fully saturated rings. The van der Waals surface area contributed by atoms with Gasteiger partial charge < -0.3 is 0 Å². The van der Waals surface area contributed by atoms with Gasteiger partial charge in [-0.05, 0) is 50.0 Å². The zero-order valence-corrected chi connectivity index (χ0v) is 20.2. The molecule has 1 aromatic rings. The number of sulfonamides is 1. The lowest BCUT2D eigenvalue weighted by atomic mass is 10.2. The van der Waals surface area contributed by atoms with Gasteiger partial charge in [-0.2, -0.15) is 4.98 Å². The van der Waals surface area contributed by atoms with Crippen LogP contribution in [0.15, 0.2) is 38.2 Å². The molecule has 0 saturated carbocycles. The van der Waals surface area contributed by atoms with E-state index in [4.69, 9.17) is 0 Å². The van der Waals surface area contributed by atoms with E-state index in [1.54, 1.807) is 51.9 Å². The molecule has 0 radical (unpaired) electrons. The van der Waals surface area contributed by atoms with Crippen LogP contribution in [-0.2, 0) is 10.0 Å². The summed E-state index contributed by atoms with van der Waals surface area (Å²) in [6.45, 7) is 6.24. The lowest BCUT2D eigenvalue weighted by molar-refractivity contribution is 0.601. The highest BCUT2D eigenvalue weighted by Crippen LogP contribution is 2.33. The first-order valence-corrected chi connectivity index (χ1v) is 13.5. The van der Waals surface area contributed by atoms with Gasteiger partial charge in [-0.25, -0.2) is 13.2 Å². The summed E-state index contributed by atoms with van der Waals surface area (Å²) < 4.78 is 32.1. The Morgan fingerprint density at radius 1 is 1.19 bits per heavy atom. The van der Waals surface area contributed by atoms with Crippen LogP contribution in [0.5, 0.6) is 0 Å². The van der Waals surface area contributed by atoms with Gasteiger partial charge >= 0.3 is 5.69 Å². The first kappa shape index (κ1) is 22.1.